The summed E-state index contributed by atoms with van der Waals surface area (Å²) in [6.07, 6.45) is 6.45. The van der Waals surface area contributed by atoms with E-state index in [2.05, 4.69) is 64.9 Å². The van der Waals surface area contributed by atoms with Crippen molar-refractivity contribution in [2.24, 2.45) is 5.41 Å². The molecule has 0 radical (unpaired) electrons. The zero-order chi connectivity index (χ0) is 12.1. The molecule has 86 valence electrons. The third-order valence-electron chi connectivity index (χ3n) is 2.80. The van der Waals surface area contributed by atoms with Crippen molar-refractivity contribution in [3.05, 3.63) is 29.7 Å². The summed E-state index contributed by atoms with van der Waals surface area (Å²) in [7, 11) is -1.18. The summed E-state index contributed by atoms with van der Waals surface area (Å²) in [4.78, 5) is 0. The van der Waals surface area contributed by atoms with Crippen molar-refractivity contribution in [1.29, 1.82) is 0 Å². The first-order valence-electron chi connectivity index (χ1n) is 5.77. The monoisotopic (exact) mass is 222 g/mol. The Hall–Kier alpha value is -0.523. The molecule has 0 saturated carbocycles. The van der Waals surface area contributed by atoms with Gasteiger partial charge in [-0.15, -0.1) is 12.3 Å². The first-order chi connectivity index (χ1) is 6.73. The molecule has 0 aromatic carbocycles. The highest BCUT2D eigenvalue weighted by Gasteiger charge is 2.21. The molecule has 0 unspecified atom stereocenters. The smallest absolute Gasteiger partial charge is 0.0823 e. The predicted molar refractivity (Wildman–Crippen MR) is 73.8 cm³/mol. The van der Waals surface area contributed by atoms with Gasteiger partial charge in [-0.25, -0.2) is 0 Å². The van der Waals surface area contributed by atoms with Crippen LogP contribution in [0.5, 0.6) is 0 Å². The highest BCUT2D eigenvalue weighted by Crippen LogP contribution is 2.28. The Morgan fingerprint density at radius 1 is 1.33 bits per heavy atom. The number of rotatable bonds is 5. The zero-order valence-electron chi connectivity index (χ0n) is 11.3. The fourth-order valence-electron chi connectivity index (χ4n) is 1.39. The van der Waals surface area contributed by atoms with Gasteiger partial charge >= 0.3 is 0 Å². The van der Waals surface area contributed by atoms with Gasteiger partial charge in [-0.2, -0.15) is 0 Å². The molecule has 0 atom stereocenters. The van der Waals surface area contributed by atoms with Crippen LogP contribution in [0.1, 0.15) is 33.6 Å². The van der Waals surface area contributed by atoms with Crippen LogP contribution in [0.4, 0.5) is 0 Å². The van der Waals surface area contributed by atoms with Gasteiger partial charge in [0.25, 0.3) is 0 Å². The molecule has 0 aromatic heterocycles. The molecule has 1 heteroatoms. The molecule has 0 aliphatic carbocycles. The molecule has 0 fully saturated rings. The Labute approximate surface area is 96.8 Å². The van der Waals surface area contributed by atoms with E-state index in [1.54, 1.807) is 5.20 Å². The minimum Gasteiger partial charge on any atom is -0.131 e. The van der Waals surface area contributed by atoms with E-state index >= 15 is 0 Å². The largest absolute Gasteiger partial charge is 0.131 e. The van der Waals surface area contributed by atoms with Gasteiger partial charge in [0.05, 0.1) is 8.07 Å². The summed E-state index contributed by atoms with van der Waals surface area (Å²) in [5, 5.41) is 1.54. The van der Waals surface area contributed by atoms with Gasteiger partial charge < -0.3 is 0 Å². The van der Waals surface area contributed by atoms with Gasteiger partial charge in [-0.3, -0.25) is 0 Å². The maximum absolute atomic E-state index is 3.89. The van der Waals surface area contributed by atoms with Crippen molar-refractivity contribution in [2.75, 3.05) is 0 Å². The summed E-state index contributed by atoms with van der Waals surface area (Å²) < 4.78 is 0. The second-order valence-electron chi connectivity index (χ2n) is 5.85. The van der Waals surface area contributed by atoms with Crippen molar-refractivity contribution < 1.29 is 0 Å². The van der Waals surface area contributed by atoms with Crippen LogP contribution < -0.4 is 0 Å². The Morgan fingerprint density at radius 3 is 2.20 bits per heavy atom. The van der Waals surface area contributed by atoms with Gasteiger partial charge in [0, 0.05) is 0 Å². The quantitative estimate of drug-likeness (QED) is 0.350. The Morgan fingerprint density at radius 2 is 1.87 bits per heavy atom. The lowest BCUT2D eigenvalue weighted by Gasteiger charge is -2.24. The van der Waals surface area contributed by atoms with Crippen LogP contribution in [-0.4, -0.2) is 8.07 Å². The lowest BCUT2D eigenvalue weighted by Crippen LogP contribution is -2.24. The minimum atomic E-state index is -1.18. The number of hydrogen-bond donors (Lipinski definition) is 0. The van der Waals surface area contributed by atoms with Crippen LogP contribution in [0.15, 0.2) is 29.7 Å². The Bertz CT molecular complexity index is 270. The molecule has 0 rings (SSSR count). The van der Waals surface area contributed by atoms with Crippen molar-refractivity contribution >= 4 is 8.07 Å². The van der Waals surface area contributed by atoms with Gasteiger partial charge in [-0.1, -0.05) is 39.6 Å². The van der Waals surface area contributed by atoms with Crippen LogP contribution >= 0.6 is 0 Å². The molecular weight excluding hydrogens is 196 g/mol. The van der Waals surface area contributed by atoms with E-state index in [1.807, 2.05) is 0 Å². The molecular formula is C14H26Si. The number of hydrogen-bond acceptors (Lipinski definition) is 0. The zero-order valence-corrected chi connectivity index (χ0v) is 12.3. The highest BCUT2D eigenvalue weighted by atomic mass is 28.3. The third-order valence-corrected chi connectivity index (χ3v) is 5.00. The maximum Gasteiger partial charge on any atom is 0.0823 e. The van der Waals surface area contributed by atoms with Crippen LogP contribution in [0.25, 0.3) is 0 Å². The van der Waals surface area contributed by atoms with E-state index in [4.69, 9.17) is 0 Å². The second-order valence-corrected chi connectivity index (χ2v) is 11.0. The number of allylic oxidation sites excluding steroid dienone is 2. The summed E-state index contributed by atoms with van der Waals surface area (Å²) in [5.41, 5.74) is 3.69. The average molecular weight is 222 g/mol. The molecule has 0 amide bonds. The van der Waals surface area contributed by atoms with Gasteiger partial charge in [-0.05, 0) is 36.5 Å². The second kappa shape index (κ2) is 5.53. The SMILES string of the molecule is C=CC(C)(C)CCC(=C=CC)[Si](C)(C)C. The van der Waals surface area contributed by atoms with E-state index in [-0.39, 0.29) is 5.41 Å². The van der Waals surface area contributed by atoms with Gasteiger partial charge in [0.2, 0.25) is 0 Å². The van der Waals surface area contributed by atoms with Crippen LogP contribution in [0, 0.1) is 5.41 Å². The van der Waals surface area contributed by atoms with Gasteiger partial charge in [0.1, 0.15) is 0 Å². The minimum absolute atomic E-state index is 0.250. The van der Waals surface area contributed by atoms with E-state index in [9.17, 15) is 0 Å². The summed E-state index contributed by atoms with van der Waals surface area (Å²) in [6.45, 7) is 17.6. The lowest BCUT2D eigenvalue weighted by atomic mass is 9.88. The molecule has 0 aliphatic rings. The van der Waals surface area contributed by atoms with Crippen LogP contribution in [0.3, 0.4) is 0 Å². The van der Waals surface area contributed by atoms with Crippen LogP contribution in [0.2, 0.25) is 19.6 Å². The molecule has 0 aromatic rings. The third kappa shape index (κ3) is 5.81. The van der Waals surface area contributed by atoms with Crippen molar-refractivity contribution in [3.8, 4) is 0 Å². The van der Waals surface area contributed by atoms with Crippen molar-refractivity contribution in [3.63, 3.8) is 0 Å². The summed E-state index contributed by atoms with van der Waals surface area (Å²) >= 11 is 0. The van der Waals surface area contributed by atoms with E-state index in [1.165, 1.54) is 12.8 Å². The standard InChI is InChI=1S/C14H26Si/c1-8-10-13(15(5,6)7)11-12-14(3,4)9-2/h8-9H,2,11-12H2,1,3-7H3. The highest BCUT2D eigenvalue weighted by molar-refractivity contribution is 6.83. The van der Waals surface area contributed by atoms with Crippen LogP contribution in [-0.2, 0) is 0 Å². The molecule has 0 bridgehead atoms. The Balaban J connectivity index is 4.63. The Kier molecular flexibility index (Phi) is 5.34. The van der Waals surface area contributed by atoms with E-state index in [0.29, 0.717) is 0 Å². The first-order valence-corrected chi connectivity index (χ1v) is 9.27. The molecule has 0 aliphatic heterocycles. The first kappa shape index (κ1) is 14.5. The molecule has 0 heterocycles. The fourth-order valence-corrected chi connectivity index (χ4v) is 2.84. The summed E-state index contributed by atoms with van der Waals surface area (Å²) in [5.74, 6) is 0. The van der Waals surface area contributed by atoms with Crippen molar-refractivity contribution in [1.82, 2.24) is 0 Å². The molecule has 0 N–H and O–H groups in total. The van der Waals surface area contributed by atoms with E-state index < -0.39 is 8.07 Å². The fraction of sp³-hybridized carbons (Fsp3) is 0.643. The molecule has 15 heavy (non-hydrogen) atoms. The molecule has 0 saturated heterocycles. The van der Waals surface area contributed by atoms with Crippen molar-refractivity contribution in [2.45, 2.75) is 53.3 Å². The topological polar surface area (TPSA) is 0 Å². The summed E-state index contributed by atoms with van der Waals surface area (Å²) in [6, 6.07) is 0. The normalized spacial score (nSPS) is 11.9. The lowest BCUT2D eigenvalue weighted by molar-refractivity contribution is 0.441. The molecule has 0 nitrogen and oxygen atoms in total. The average Bonchev–Trinajstić information content (AvgIpc) is 2.10. The van der Waals surface area contributed by atoms with E-state index in [0.717, 1.165) is 0 Å². The predicted octanol–water partition coefficient (Wildman–Crippen LogP) is 4.96. The van der Waals surface area contributed by atoms with Gasteiger partial charge in [0.15, 0.2) is 0 Å². The maximum atomic E-state index is 3.89. The molecule has 0 spiro atoms.